The van der Waals surface area contributed by atoms with Crippen molar-refractivity contribution < 1.29 is 37.9 Å². The van der Waals surface area contributed by atoms with E-state index in [1.807, 2.05) is 0 Å². The zero-order valence-corrected chi connectivity index (χ0v) is 11.0. The van der Waals surface area contributed by atoms with E-state index in [4.69, 9.17) is 9.79 Å². The molecule has 0 heterocycles. The van der Waals surface area contributed by atoms with Crippen LogP contribution in [-0.4, -0.2) is 28.6 Å². The Morgan fingerprint density at radius 1 is 1.15 bits per heavy atom. The van der Waals surface area contributed by atoms with Gasteiger partial charge in [-0.1, -0.05) is 12.1 Å². The normalized spacial score (nSPS) is 10.9. The zero-order chi connectivity index (χ0) is 15.2. The summed E-state index contributed by atoms with van der Waals surface area (Å²) in [5.41, 5.74) is 5.30. The molecule has 1 amide bonds. The predicted molar refractivity (Wildman–Crippen MR) is 64.2 cm³/mol. The largest absolute Gasteiger partial charge is 0.469 e. The van der Waals surface area contributed by atoms with Crippen molar-refractivity contribution in [3.05, 3.63) is 35.4 Å². The average molecular weight is 305 g/mol. The van der Waals surface area contributed by atoms with Gasteiger partial charge in [-0.05, 0) is 17.7 Å². The lowest BCUT2D eigenvalue weighted by Crippen LogP contribution is -2.17. The molecule has 1 aromatic carbocycles. The summed E-state index contributed by atoms with van der Waals surface area (Å²) in [6.07, 6.45) is -1.07. The second-order valence-corrected chi connectivity index (χ2v) is 4.71. The number of nitrogens with two attached hydrogens (primary N) is 1. The second kappa shape index (κ2) is 7.01. The van der Waals surface area contributed by atoms with E-state index in [1.54, 1.807) is 0 Å². The van der Waals surface area contributed by atoms with Crippen molar-refractivity contribution in [2.45, 2.75) is 6.61 Å². The fraction of sp³-hybridized carbons (Fsp3) is 0.200. The van der Waals surface area contributed by atoms with Crippen LogP contribution in [0.15, 0.2) is 24.3 Å². The van der Waals surface area contributed by atoms with Crippen LogP contribution >= 0.6 is 7.82 Å². The molecule has 0 aliphatic carbocycles. The maximum atomic E-state index is 11.4. The molecule has 20 heavy (non-hydrogen) atoms. The summed E-state index contributed by atoms with van der Waals surface area (Å²) in [5, 5.41) is 0. The molecule has 110 valence electrons. The molecule has 1 rings (SSSR count). The fourth-order valence-corrected chi connectivity index (χ4v) is 1.44. The highest BCUT2D eigenvalue weighted by atomic mass is 31.2. The van der Waals surface area contributed by atoms with Crippen LogP contribution in [0, 0.1) is 0 Å². The minimum Gasteiger partial charge on any atom is -0.424 e. The molecule has 0 fully saturated rings. The Balaban J connectivity index is 2.51. The van der Waals surface area contributed by atoms with Gasteiger partial charge in [0.2, 0.25) is 6.79 Å². The molecular formula is C10H12NO8P. The van der Waals surface area contributed by atoms with Crippen LogP contribution in [0.25, 0.3) is 0 Å². The van der Waals surface area contributed by atoms with Crippen LogP contribution in [-0.2, 0) is 25.2 Å². The van der Waals surface area contributed by atoms with Crippen molar-refractivity contribution in [2.75, 3.05) is 6.79 Å². The summed E-state index contributed by atoms with van der Waals surface area (Å²) in [4.78, 5) is 38.7. The van der Waals surface area contributed by atoms with Gasteiger partial charge in [0.15, 0.2) is 0 Å². The molecule has 0 saturated heterocycles. The molecular weight excluding hydrogens is 293 g/mol. The Bertz CT molecular complexity index is 523. The molecule has 1 aromatic rings. The second-order valence-electron chi connectivity index (χ2n) is 3.47. The van der Waals surface area contributed by atoms with E-state index in [1.165, 1.54) is 24.3 Å². The molecule has 4 N–H and O–H groups in total. The molecule has 0 atom stereocenters. The van der Waals surface area contributed by atoms with Gasteiger partial charge in [0.25, 0.3) is 0 Å². The van der Waals surface area contributed by atoms with Crippen molar-refractivity contribution in [2.24, 2.45) is 5.73 Å². The van der Waals surface area contributed by atoms with E-state index in [2.05, 4.69) is 19.7 Å². The number of primary amides is 1. The van der Waals surface area contributed by atoms with E-state index in [0.717, 1.165) is 0 Å². The number of benzene rings is 1. The van der Waals surface area contributed by atoms with E-state index < -0.39 is 26.7 Å². The fourth-order valence-electron chi connectivity index (χ4n) is 1.12. The first-order valence-electron chi connectivity index (χ1n) is 5.16. The molecule has 0 spiro atoms. The summed E-state index contributed by atoms with van der Waals surface area (Å²) in [5.74, 6) is -0.742. The van der Waals surface area contributed by atoms with E-state index >= 15 is 0 Å². The molecule has 9 nitrogen and oxygen atoms in total. The summed E-state index contributed by atoms with van der Waals surface area (Å²) >= 11 is 0. The van der Waals surface area contributed by atoms with E-state index in [9.17, 15) is 14.2 Å². The molecule has 0 aliphatic rings. The van der Waals surface area contributed by atoms with Crippen LogP contribution in [0.1, 0.15) is 15.9 Å². The zero-order valence-electron chi connectivity index (χ0n) is 10.1. The van der Waals surface area contributed by atoms with Gasteiger partial charge >= 0.3 is 19.9 Å². The number of esters is 1. The monoisotopic (exact) mass is 305 g/mol. The lowest BCUT2D eigenvalue weighted by atomic mass is 10.1. The maximum Gasteiger partial charge on any atom is 0.469 e. The van der Waals surface area contributed by atoms with Gasteiger partial charge in [-0.15, -0.1) is 0 Å². The lowest BCUT2D eigenvalue weighted by Gasteiger charge is -2.07. The number of phosphoric ester groups is 1. The van der Waals surface area contributed by atoms with Crippen molar-refractivity contribution in [3.8, 4) is 0 Å². The molecule has 0 radical (unpaired) electrons. The molecule has 0 aromatic heterocycles. The first-order chi connectivity index (χ1) is 9.28. The minimum atomic E-state index is -4.54. The number of carbonyl (C=O) groups is 2. The Hall–Kier alpha value is -1.93. The number of hydrogen-bond acceptors (Lipinski definition) is 6. The number of rotatable bonds is 6. The van der Waals surface area contributed by atoms with Crippen LogP contribution in [0.5, 0.6) is 0 Å². The minimum absolute atomic E-state index is 0.165. The standard InChI is InChI=1S/C10H12NO8P/c11-10(13)18-6-17-9(12)8-3-1-7(2-4-8)5-19-20(14,15)16/h1-4H,5-6H2,(H2,11,13)(H2,14,15,16). The number of carbonyl (C=O) groups excluding carboxylic acids is 2. The van der Waals surface area contributed by atoms with Gasteiger partial charge in [0.1, 0.15) is 0 Å². The highest BCUT2D eigenvalue weighted by Gasteiger charge is 2.14. The summed E-state index contributed by atoms with van der Waals surface area (Å²) < 4.78 is 23.6. The smallest absolute Gasteiger partial charge is 0.424 e. The first kappa shape index (κ1) is 16.1. The predicted octanol–water partition coefficient (Wildman–Crippen LogP) is 0.505. The third kappa shape index (κ3) is 6.30. The van der Waals surface area contributed by atoms with Gasteiger partial charge < -0.3 is 25.0 Å². The third-order valence-corrected chi connectivity index (χ3v) is 2.45. The molecule has 0 unspecified atom stereocenters. The molecule has 0 bridgehead atoms. The lowest BCUT2D eigenvalue weighted by molar-refractivity contribution is -0.0000209. The Morgan fingerprint density at radius 3 is 2.25 bits per heavy atom. The average Bonchev–Trinajstić information content (AvgIpc) is 2.35. The number of amides is 1. The van der Waals surface area contributed by atoms with Crippen LogP contribution < -0.4 is 5.73 Å². The SMILES string of the molecule is NC(=O)OCOC(=O)c1ccc(COP(=O)(O)O)cc1. The van der Waals surface area contributed by atoms with Crippen LogP contribution in [0.3, 0.4) is 0 Å². The van der Waals surface area contributed by atoms with Crippen LogP contribution in [0.4, 0.5) is 4.79 Å². The molecule has 10 heteroatoms. The Kier molecular flexibility index (Phi) is 5.66. The van der Waals surface area contributed by atoms with Crippen molar-refractivity contribution >= 4 is 19.9 Å². The van der Waals surface area contributed by atoms with Gasteiger partial charge in [-0.25, -0.2) is 14.2 Å². The van der Waals surface area contributed by atoms with Crippen LogP contribution in [0.2, 0.25) is 0 Å². The van der Waals surface area contributed by atoms with Crippen molar-refractivity contribution in [1.82, 2.24) is 0 Å². The third-order valence-electron chi connectivity index (χ3n) is 1.98. The van der Waals surface area contributed by atoms with Gasteiger partial charge in [-0.2, -0.15) is 0 Å². The quantitative estimate of drug-likeness (QED) is 0.391. The number of phosphoric acid groups is 1. The molecule has 0 aliphatic heterocycles. The molecule has 0 saturated carbocycles. The Morgan fingerprint density at radius 2 is 1.75 bits per heavy atom. The van der Waals surface area contributed by atoms with Gasteiger partial charge in [0.05, 0.1) is 12.2 Å². The topological polar surface area (TPSA) is 145 Å². The van der Waals surface area contributed by atoms with Crippen molar-refractivity contribution in [1.29, 1.82) is 0 Å². The number of hydrogen-bond donors (Lipinski definition) is 3. The highest BCUT2D eigenvalue weighted by Crippen LogP contribution is 2.36. The highest BCUT2D eigenvalue weighted by molar-refractivity contribution is 7.46. The van der Waals surface area contributed by atoms with E-state index in [0.29, 0.717) is 5.56 Å². The summed E-state index contributed by atoms with van der Waals surface area (Å²) in [6, 6.07) is 5.60. The Labute approximate surface area is 113 Å². The summed E-state index contributed by atoms with van der Waals surface area (Å²) in [7, 11) is -4.54. The van der Waals surface area contributed by atoms with Gasteiger partial charge in [-0.3, -0.25) is 4.52 Å². The number of ether oxygens (including phenoxy) is 2. The van der Waals surface area contributed by atoms with Gasteiger partial charge in [0, 0.05) is 0 Å². The summed E-state index contributed by atoms with van der Waals surface area (Å²) in [6.45, 7) is -0.901. The van der Waals surface area contributed by atoms with E-state index in [-0.39, 0.29) is 12.2 Å². The first-order valence-corrected chi connectivity index (χ1v) is 6.69. The maximum absolute atomic E-state index is 11.4. The van der Waals surface area contributed by atoms with Crippen molar-refractivity contribution in [3.63, 3.8) is 0 Å².